The van der Waals surface area contributed by atoms with Gasteiger partial charge in [0.15, 0.2) is 5.60 Å². The predicted molar refractivity (Wildman–Crippen MR) is 44.0 cm³/mol. The number of β-amino-alcohol motifs (C(OH)–C–C–N with tert-alkyl or cyclic N) is 1. The van der Waals surface area contributed by atoms with Crippen molar-refractivity contribution in [3.63, 3.8) is 0 Å². The highest BCUT2D eigenvalue weighted by molar-refractivity contribution is 5.76. The number of hydrogen-bond acceptors (Lipinski definition) is 4. The Morgan fingerprint density at radius 2 is 2.27 bits per heavy atom. The van der Waals surface area contributed by atoms with Crippen LogP contribution in [-0.4, -0.2) is 42.0 Å². The van der Waals surface area contributed by atoms with Gasteiger partial charge in [0, 0.05) is 13.0 Å². The van der Waals surface area contributed by atoms with Crippen LogP contribution in [0.25, 0.3) is 0 Å². The zero-order chi connectivity index (χ0) is 11.7. The molecule has 0 unspecified atom stereocenters. The van der Waals surface area contributed by atoms with Gasteiger partial charge in [-0.3, -0.25) is 4.79 Å². The number of aliphatic hydroxyl groups is 1. The second-order valence-corrected chi connectivity index (χ2v) is 3.42. The molecule has 7 heteroatoms. The summed E-state index contributed by atoms with van der Waals surface area (Å²) in [5.41, 5.74) is -2.83. The van der Waals surface area contributed by atoms with Gasteiger partial charge < -0.3 is 15.2 Å². The van der Waals surface area contributed by atoms with E-state index in [4.69, 9.17) is 0 Å². The number of alkyl halides is 3. The minimum absolute atomic E-state index is 0.0987. The Labute approximate surface area is 84.4 Å². The molecule has 0 aliphatic carbocycles. The lowest BCUT2D eigenvalue weighted by Crippen LogP contribution is -2.46. The fourth-order valence-electron chi connectivity index (χ4n) is 1.40. The monoisotopic (exact) mass is 227 g/mol. The Balaban J connectivity index is 2.63. The first kappa shape index (κ1) is 12.3. The maximum Gasteiger partial charge on any atom is 0.418 e. The highest BCUT2D eigenvalue weighted by atomic mass is 19.4. The number of nitrogens with one attached hydrogen (secondary N) is 1. The van der Waals surface area contributed by atoms with Gasteiger partial charge in [-0.05, 0) is 6.92 Å². The van der Waals surface area contributed by atoms with Crippen molar-refractivity contribution >= 4 is 5.97 Å². The summed E-state index contributed by atoms with van der Waals surface area (Å²) in [6.07, 6.45) is -5.43. The summed E-state index contributed by atoms with van der Waals surface area (Å²) in [7, 11) is 0. The number of rotatable bonds is 2. The Bertz CT molecular complexity index is 256. The van der Waals surface area contributed by atoms with Crippen LogP contribution in [0, 0.1) is 0 Å². The molecule has 0 bridgehead atoms. The molecule has 1 heterocycles. The Kier molecular flexibility index (Phi) is 3.25. The van der Waals surface area contributed by atoms with E-state index in [1.165, 1.54) is 0 Å². The average Bonchev–Trinajstić information content (AvgIpc) is 2.48. The number of hydrogen-bond donors (Lipinski definition) is 2. The minimum Gasteiger partial charge on any atom is -0.465 e. The van der Waals surface area contributed by atoms with Crippen molar-refractivity contribution in [3.8, 4) is 0 Å². The lowest BCUT2D eigenvalue weighted by molar-refractivity contribution is -0.252. The van der Waals surface area contributed by atoms with Crippen molar-refractivity contribution in [2.24, 2.45) is 0 Å². The molecule has 2 N–H and O–H groups in total. The van der Waals surface area contributed by atoms with E-state index in [0.29, 0.717) is 0 Å². The van der Waals surface area contributed by atoms with E-state index in [1.54, 1.807) is 6.92 Å². The minimum atomic E-state index is -4.73. The fourth-order valence-corrected chi connectivity index (χ4v) is 1.40. The van der Waals surface area contributed by atoms with Gasteiger partial charge in [-0.15, -0.1) is 0 Å². The third-order valence-corrected chi connectivity index (χ3v) is 2.28. The zero-order valence-corrected chi connectivity index (χ0v) is 8.10. The normalized spacial score (nSPS) is 31.7. The fraction of sp³-hybridized carbons (Fsp3) is 0.875. The van der Waals surface area contributed by atoms with Crippen molar-refractivity contribution in [3.05, 3.63) is 0 Å². The van der Waals surface area contributed by atoms with Gasteiger partial charge in [-0.25, -0.2) is 0 Å². The molecule has 0 spiro atoms. The predicted octanol–water partition coefficient (Wildman–Crippen LogP) is 0.205. The Hall–Kier alpha value is -0.820. The first-order chi connectivity index (χ1) is 6.80. The number of carbonyl (C=O) groups excluding carboxylic acids is 1. The van der Waals surface area contributed by atoms with Gasteiger partial charge >= 0.3 is 12.1 Å². The van der Waals surface area contributed by atoms with Crippen molar-refractivity contribution in [1.82, 2.24) is 5.32 Å². The van der Waals surface area contributed by atoms with E-state index >= 15 is 0 Å². The van der Waals surface area contributed by atoms with E-state index in [1.807, 2.05) is 0 Å². The number of carbonyl (C=O) groups is 1. The number of halogens is 3. The van der Waals surface area contributed by atoms with Crippen molar-refractivity contribution < 1.29 is 27.8 Å². The van der Waals surface area contributed by atoms with E-state index < -0.39 is 36.8 Å². The van der Waals surface area contributed by atoms with Crippen LogP contribution in [0.2, 0.25) is 0 Å². The molecule has 4 nitrogen and oxygen atoms in total. The standard InChI is InChI=1S/C8H12F3NO3/c1-2-15-6(13)5-3-7(14,4-12-5)8(9,10)11/h5,12,14H,2-4H2,1H3/t5-,7-/m0/s1. The molecule has 1 aliphatic rings. The molecule has 1 rings (SSSR count). The molecular weight excluding hydrogens is 215 g/mol. The summed E-state index contributed by atoms with van der Waals surface area (Å²) in [5.74, 6) is -0.766. The molecule has 1 fully saturated rings. The molecule has 1 saturated heterocycles. The summed E-state index contributed by atoms with van der Waals surface area (Å²) in [5, 5.41) is 11.5. The van der Waals surface area contributed by atoms with Gasteiger partial charge in [0.2, 0.25) is 0 Å². The van der Waals surface area contributed by atoms with E-state index in [-0.39, 0.29) is 6.61 Å². The van der Waals surface area contributed by atoms with Gasteiger partial charge in [-0.2, -0.15) is 13.2 Å². The molecule has 0 saturated carbocycles. The first-order valence-corrected chi connectivity index (χ1v) is 4.49. The average molecular weight is 227 g/mol. The van der Waals surface area contributed by atoms with Gasteiger partial charge in [-0.1, -0.05) is 0 Å². The zero-order valence-electron chi connectivity index (χ0n) is 8.10. The highest BCUT2D eigenvalue weighted by Gasteiger charge is 2.58. The van der Waals surface area contributed by atoms with Crippen LogP contribution in [-0.2, 0) is 9.53 Å². The van der Waals surface area contributed by atoms with Crippen LogP contribution in [0.5, 0.6) is 0 Å². The molecular formula is C8H12F3NO3. The second kappa shape index (κ2) is 3.97. The topological polar surface area (TPSA) is 58.6 Å². The molecule has 0 amide bonds. The summed E-state index contributed by atoms with van der Waals surface area (Å²) >= 11 is 0. The van der Waals surface area contributed by atoms with Gasteiger partial charge in [0.25, 0.3) is 0 Å². The molecule has 0 aromatic rings. The Morgan fingerprint density at radius 1 is 1.67 bits per heavy atom. The van der Waals surface area contributed by atoms with E-state index in [0.717, 1.165) is 0 Å². The summed E-state index contributed by atoms with van der Waals surface area (Å²) in [4.78, 5) is 11.1. The summed E-state index contributed by atoms with van der Waals surface area (Å²) in [6.45, 7) is 0.976. The lowest BCUT2D eigenvalue weighted by Gasteiger charge is -2.24. The van der Waals surface area contributed by atoms with Crippen LogP contribution < -0.4 is 5.32 Å². The summed E-state index contributed by atoms with van der Waals surface area (Å²) in [6, 6.07) is -1.09. The largest absolute Gasteiger partial charge is 0.465 e. The molecule has 0 aromatic heterocycles. The quantitative estimate of drug-likeness (QED) is 0.662. The van der Waals surface area contributed by atoms with Gasteiger partial charge in [0.05, 0.1) is 6.61 Å². The lowest BCUT2D eigenvalue weighted by atomic mass is 10.00. The van der Waals surface area contributed by atoms with E-state index in [2.05, 4.69) is 10.1 Å². The Morgan fingerprint density at radius 3 is 2.67 bits per heavy atom. The molecule has 0 radical (unpaired) electrons. The first-order valence-electron chi connectivity index (χ1n) is 4.49. The van der Waals surface area contributed by atoms with E-state index in [9.17, 15) is 23.1 Å². The smallest absolute Gasteiger partial charge is 0.418 e. The molecule has 88 valence electrons. The van der Waals surface area contributed by atoms with Crippen molar-refractivity contribution in [2.45, 2.75) is 31.2 Å². The molecule has 1 aliphatic heterocycles. The number of esters is 1. The summed E-state index contributed by atoms with van der Waals surface area (Å²) < 4.78 is 41.5. The van der Waals surface area contributed by atoms with Crippen LogP contribution in [0.15, 0.2) is 0 Å². The third kappa shape index (κ3) is 2.40. The maximum atomic E-state index is 12.3. The van der Waals surface area contributed by atoms with Crippen LogP contribution >= 0.6 is 0 Å². The van der Waals surface area contributed by atoms with Crippen LogP contribution in [0.3, 0.4) is 0 Å². The van der Waals surface area contributed by atoms with Gasteiger partial charge in [0.1, 0.15) is 6.04 Å². The molecule has 0 aromatic carbocycles. The second-order valence-electron chi connectivity index (χ2n) is 3.42. The van der Waals surface area contributed by atoms with Crippen molar-refractivity contribution in [1.29, 1.82) is 0 Å². The molecule has 15 heavy (non-hydrogen) atoms. The SMILES string of the molecule is CCOC(=O)[C@@H]1C[C@@](O)(C(F)(F)F)CN1. The van der Waals surface area contributed by atoms with Crippen LogP contribution in [0.1, 0.15) is 13.3 Å². The number of ether oxygens (including phenoxy) is 1. The third-order valence-electron chi connectivity index (χ3n) is 2.28. The van der Waals surface area contributed by atoms with Crippen molar-refractivity contribution in [2.75, 3.05) is 13.2 Å². The molecule has 2 atom stereocenters. The maximum absolute atomic E-state index is 12.3. The van der Waals surface area contributed by atoms with Crippen LogP contribution in [0.4, 0.5) is 13.2 Å². The highest BCUT2D eigenvalue weighted by Crippen LogP contribution is 2.36.